The first-order valence-corrected chi connectivity index (χ1v) is 8.49. The average molecular weight is 283 g/mol. The summed E-state index contributed by atoms with van der Waals surface area (Å²) in [5, 5.41) is 3.24. The molecule has 0 amide bonds. The molecule has 1 saturated heterocycles. The van der Waals surface area contributed by atoms with Crippen LogP contribution in [0.4, 0.5) is 0 Å². The lowest BCUT2D eigenvalue weighted by Gasteiger charge is -2.15. The summed E-state index contributed by atoms with van der Waals surface area (Å²) < 4.78 is 28.3. The molecule has 2 unspecified atom stereocenters. The quantitative estimate of drug-likeness (QED) is 0.805. The second kappa shape index (κ2) is 6.50. The lowest BCUT2D eigenvalue weighted by atomic mass is 10.1. The van der Waals surface area contributed by atoms with Gasteiger partial charge in [-0.3, -0.25) is 0 Å². The number of nitrogens with one attached hydrogen (secondary N) is 1. The van der Waals surface area contributed by atoms with Gasteiger partial charge in [-0.05, 0) is 18.9 Å². The van der Waals surface area contributed by atoms with Gasteiger partial charge in [0.25, 0.3) is 0 Å². The minimum absolute atomic E-state index is 0.0651. The Bertz CT molecular complexity index is 487. The van der Waals surface area contributed by atoms with E-state index in [2.05, 4.69) is 5.32 Å². The first kappa shape index (κ1) is 14.5. The van der Waals surface area contributed by atoms with Crippen molar-refractivity contribution >= 4 is 9.84 Å². The van der Waals surface area contributed by atoms with Crippen molar-refractivity contribution in [3.63, 3.8) is 0 Å². The van der Waals surface area contributed by atoms with Crippen LogP contribution in [0.25, 0.3) is 0 Å². The summed E-state index contributed by atoms with van der Waals surface area (Å²) in [7, 11) is -2.80. The fourth-order valence-corrected chi connectivity index (χ4v) is 3.98. The maximum atomic E-state index is 11.3. The van der Waals surface area contributed by atoms with Gasteiger partial charge in [-0.15, -0.1) is 0 Å². The van der Waals surface area contributed by atoms with E-state index in [1.165, 1.54) is 0 Å². The molecule has 0 bridgehead atoms. The maximum Gasteiger partial charge on any atom is 0.151 e. The van der Waals surface area contributed by atoms with Crippen LogP contribution in [-0.4, -0.2) is 39.1 Å². The Hall–Kier alpha value is -0.910. The van der Waals surface area contributed by atoms with E-state index < -0.39 is 9.84 Å². The van der Waals surface area contributed by atoms with E-state index in [9.17, 15) is 8.42 Å². The van der Waals surface area contributed by atoms with Crippen molar-refractivity contribution in [2.75, 3.05) is 24.7 Å². The lowest BCUT2D eigenvalue weighted by Crippen LogP contribution is -2.32. The van der Waals surface area contributed by atoms with Crippen molar-refractivity contribution in [2.45, 2.75) is 25.5 Å². The highest BCUT2D eigenvalue weighted by molar-refractivity contribution is 7.91. The maximum absolute atomic E-state index is 11.3. The van der Waals surface area contributed by atoms with E-state index in [0.717, 1.165) is 12.0 Å². The minimum Gasteiger partial charge on any atom is -0.373 e. The van der Waals surface area contributed by atoms with E-state index in [4.69, 9.17) is 4.74 Å². The number of sulfone groups is 1. The standard InChI is InChI=1S/C14H21NO3S/c1-12(13-5-3-2-4-6-13)18-9-8-15-14-7-10-19(16,17)11-14/h2-6,12,14-15H,7-11H2,1H3. The number of rotatable bonds is 6. The summed E-state index contributed by atoms with van der Waals surface area (Å²) in [5.74, 6) is 0.577. The molecule has 1 fully saturated rings. The van der Waals surface area contributed by atoms with Crippen LogP contribution < -0.4 is 5.32 Å². The van der Waals surface area contributed by atoms with Crippen LogP contribution >= 0.6 is 0 Å². The molecule has 1 heterocycles. The molecule has 0 radical (unpaired) electrons. The zero-order valence-corrected chi connectivity index (χ0v) is 12.0. The SMILES string of the molecule is CC(OCCNC1CCS(=O)(=O)C1)c1ccccc1. The van der Waals surface area contributed by atoms with Crippen LogP contribution in [0.15, 0.2) is 30.3 Å². The second-order valence-corrected chi connectivity index (χ2v) is 7.21. The Morgan fingerprint density at radius 2 is 2.11 bits per heavy atom. The first-order chi connectivity index (χ1) is 9.07. The van der Waals surface area contributed by atoms with Gasteiger partial charge in [-0.25, -0.2) is 8.42 Å². The lowest BCUT2D eigenvalue weighted by molar-refractivity contribution is 0.0667. The van der Waals surface area contributed by atoms with E-state index >= 15 is 0 Å². The van der Waals surface area contributed by atoms with Crippen molar-refractivity contribution < 1.29 is 13.2 Å². The van der Waals surface area contributed by atoms with Gasteiger partial charge in [0.15, 0.2) is 9.84 Å². The molecule has 0 saturated carbocycles. The molecule has 1 aromatic carbocycles. The van der Waals surface area contributed by atoms with Gasteiger partial charge in [0.1, 0.15) is 0 Å². The monoisotopic (exact) mass is 283 g/mol. The molecule has 19 heavy (non-hydrogen) atoms. The normalized spacial score (nSPS) is 23.3. The van der Waals surface area contributed by atoms with Crippen LogP contribution in [0.3, 0.4) is 0 Å². The van der Waals surface area contributed by atoms with Crippen LogP contribution in [0.2, 0.25) is 0 Å². The van der Waals surface area contributed by atoms with Crippen LogP contribution in [-0.2, 0) is 14.6 Å². The zero-order valence-electron chi connectivity index (χ0n) is 11.2. The Balaban J connectivity index is 1.65. The van der Waals surface area contributed by atoms with Gasteiger partial charge < -0.3 is 10.1 Å². The van der Waals surface area contributed by atoms with Gasteiger partial charge in [0.05, 0.1) is 24.2 Å². The van der Waals surface area contributed by atoms with Gasteiger partial charge in [0, 0.05) is 12.6 Å². The van der Waals surface area contributed by atoms with Gasteiger partial charge in [0.2, 0.25) is 0 Å². The number of hydrogen-bond acceptors (Lipinski definition) is 4. The van der Waals surface area contributed by atoms with Crippen LogP contribution in [0.1, 0.15) is 25.0 Å². The predicted octanol–water partition coefficient (Wildman–Crippen LogP) is 1.54. The largest absolute Gasteiger partial charge is 0.373 e. The Morgan fingerprint density at radius 1 is 1.37 bits per heavy atom. The predicted molar refractivity (Wildman–Crippen MR) is 75.9 cm³/mol. The van der Waals surface area contributed by atoms with E-state index in [1.54, 1.807) is 0 Å². The van der Waals surface area contributed by atoms with Crippen LogP contribution in [0.5, 0.6) is 0 Å². The third-order valence-electron chi connectivity index (χ3n) is 3.40. The molecule has 1 aliphatic rings. The van der Waals surface area contributed by atoms with Crippen molar-refractivity contribution in [2.24, 2.45) is 0 Å². The highest BCUT2D eigenvalue weighted by Crippen LogP contribution is 2.15. The third-order valence-corrected chi connectivity index (χ3v) is 5.17. The molecule has 5 heteroatoms. The average Bonchev–Trinajstić information content (AvgIpc) is 2.75. The number of benzene rings is 1. The Morgan fingerprint density at radius 3 is 2.74 bits per heavy atom. The molecule has 1 aliphatic heterocycles. The van der Waals surface area contributed by atoms with E-state index in [1.807, 2.05) is 37.3 Å². The molecule has 0 aromatic heterocycles. The summed E-state index contributed by atoms with van der Waals surface area (Å²) in [5.41, 5.74) is 1.16. The highest BCUT2D eigenvalue weighted by Gasteiger charge is 2.27. The first-order valence-electron chi connectivity index (χ1n) is 6.67. The fourth-order valence-electron chi connectivity index (χ4n) is 2.28. The number of hydrogen-bond donors (Lipinski definition) is 1. The molecule has 1 aromatic rings. The third kappa shape index (κ3) is 4.60. The topological polar surface area (TPSA) is 55.4 Å². The van der Waals surface area contributed by atoms with E-state index in [0.29, 0.717) is 18.9 Å². The van der Waals surface area contributed by atoms with Crippen LogP contribution in [0, 0.1) is 0 Å². The highest BCUT2D eigenvalue weighted by atomic mass is 32.2. The van der Waals surface area contributed by atoms with Crippen molar-refractivity contribution in [3.05, 3.63) is 35.9 Å². The van der Waals surface area contributed by atoms with E-state index in [-0.39, 0.29) is 17.9 Å². The molecule has 0 aliphatic carbocycles. The number of ether oxygens (including phenoxy) is 1. The smallest absolute Gasteiger partial charge is 0.151 e. The Kier molecular flexibility index (Phi) is 4.96. The summed E-state index contributed by atoms with van der Waals surface area (Å²) in [6.45, 7) is 3.30. The molecule has 106 valence electrons. The molecule has 0 spiro atoms. The second-order valence-electron chi connectivity index (χ2n) is 4.98. The zero-order chi connectivity index (χ0) is 13.7. The molecule has 4 nitrogen and oxygen atoms in total. The summed E-state index contributed by atoms with van der Waals surface area (Å²) in [6, 6.07) is 10.2. The molecule has 1 N–H and O–H groups in total. The summed E-state index contributed by atoms with van der Waals surface area (Å²) in [4.78, 5) is 0. The summed E-state index contributed by atoms with van der Waals surface area (Å²) >= 11 is 0. The molecular formula is C14H21NO3S. The minimum atomic E-state index is -2.80. The summed E-state index contributed by atoms with van der Waals surface area (Å²) in [6.07, 6.45) is 0.784. The van der Waals surface area contributed by atoms with Crippen molar-refractivity contribution in [1.82, 2.24) is 5.32 Å². The van der Waals surface area contributed by atoms with Crippen molar-refractivity contribution in [1.29, 1.82) is 0 Å². The van der Waals surface area contributed by atoms with Gasteiger partial charge in [-0.2, -0.15) is 0 Å². The molecule has 2 atom stereocenters. The molecular weight excluding hydrogens is 262 g/mol. The van der Waals surface area contributed by atoms with Crippen molar-refractivity contribution in [3.8, 4) is 0 Å². The molecule has 2 rings (SSSR count). The fraction of sp³-hybridized carbons (Fsp3) is 0.571. The van der Waals surface area contributed by atoms with Gasteiger partial charge in [-0.1, -0.05) is 30.3 Å². The Labute approximate surface area is 115 Å². The van der Waals surface area contributed by atoms with Gasteiger partial charge >= 0.3 is 0 Å².